The highest BCUT2D eigenvalue weighted by molar-refractivity contribution is 5.89. The Morgan fingerprint density at radius 3 is 2.74 bits per heavy atom. The van der Waals surface area contributed by atoms with Gasteiger partial charge in [0.25, 0.3) is 0 Å². The molecular formula is C14H25N3O2. The number of carbonyl (C=O) groups is 2. The molecule has 0 aromatic heterocycles. The molecule has 108 valence electrons. The normalized spacial score (nSPS) is 39.5. The highest BCUT2D eigenvalue weighted by atomic mass is 16.2. The number of hydrogen-bond donors (Lipinski definition) is 3. The minimum atomic E-state index is -0.357. The number of hydrogen-bond acceptors (Lipinski definition) is 3. The highest BCUT2D eigenvalue weighted by Crippen LogP contribution is 2.33. The van der Waals surface area contributed by atoms with Gasteiger partial charge < -0.3 is 16.4 Å². The van der Waals surface area contributed by atoms with E-state index in [9.17, 15) is 9.59 Å². The Kier molecular flexibility index (Phi) is 4.45. The Labute approximate surface area is 114 Å². The Bertz CT molecular complexity index is 359. The Morgan fingerprint density at radius 1 is 1.32 bits per heavy atom. The highest BCUT2D eigenvalue weighted by Gasteiger charge is 2.36. The van der Waals surface area contributed by atoms with Crippen LogP contribution < -0.4 is 16.4 Å². The van der Waals surface area contributed by atoms with E-state index in [4.69, 9.17) is 5.73 Å². The number of piperidine rings is 1. The molecule has 1 aliphatic heterocycles. The Balaban J connectivity index is 1.93. The molecule has 4 N–H and O–H groups in total. The van der Waals surface area contributed by atoms with Crippen LogP contribution in [0.25, 0.3) is 0 Å². The van der Waals surface area contributed by atoms with Crippen LogP contribution in [0.15, 0.2) is 0 Å². The number of rotatable bonds is 2. The van der Waals surface area contributed by atoms with Gasteiger partial charge in [0.05, 0.1) is 0 Å². The molecule has 0 bridgehead atoms. The zero-order valence-electron chi connectivity index (χ0n) is 11.8. The molecular weight excluding hydrogens is 242 g/mol. The van der Waals surface area contributed by atoms with Gasteiger partial charge in [-0.1, -0.05) is 13.8 Å². The molecule has 5 unspecified atom stereocenters. The SMILES string of the molecule is CC1CC(C)C(C(=O)NC2CCCNC2=O)CC1N. The molecule has 0 aromatic rings. The molecule has 1 saturated heterocycles. The van der Waals surface area contributed by atoms with Gasteiger partial charge in [-0.05, 0) is 37.5 Å². The third kappa shape index (κ3) is 3.26. The molecule has 2 amide bonds. The van der Waals surface area contributed by atoms with Gasteiger partial charge >= 0.3 is 0 Å². The summed E-state index contributed by atoms with van der Waals surface area (Å²) >= 11 is 0. The second-order valence-corrected chi connectivity index (χ2v) is 6.19. The summed E-state index contributed by atoms with van der Waals surface area (Å²) in [6.45, 7) is 4.96. The van der Waals surface area contributed by atoms with Crippen molar-refractivity contribution in [2.45, 2.75) is 51.6 Å². The summed E-state index contributed by atoms with van der Waals surface area (Å²) in [7, 11) is 0. The summed E-state index contributed by atoms with van der Waals surface area (Å²) in [5, 5.41) is 5.69. The molecule has 1 saturated carbocycles. The molecule has 1 heterocycles. The van der Waals surface area contributed by atoms with E-state index < -0.39 is 0 Å². The van der Waals surface area contributed by atoms with E-state index in [1.165, 1.54) is 0 Å². The fourth-order valence-electron chi connectivity index (χ4n) is 3.24. The largest absolute Gasteiger partial charge is 0.354 e. The summed E-state index contributed by atoms with van der Waals surface area (Å²) in [6, 6.07) is -0.267. The lowest BCUT2D eigenvalue weighted by Crippen LogP contribution is -2.53. The summed E-state index contributed by atoms with van der Waals surface area (Å²) in [4.78, 5) is 24.0. The third-order valence-electron chi connectivity index (χ3n) is 4.63. The topological polar surface area (TPSA) is 84.2 Å². The van der Waals surface area contributed by atoms with Crippen molar-refractivity contribution in [2.75, 3.05) is 6.54 Å². The lowest BCUT2D eigenvalue weighted by Gasteiger charge is -2.37. The van der Waals surface area contributed by atoms with Crippen molar-refractivity contribution >= 4 is 11.8 Å². The van der Waals surface area contributed by atoms with Crippen LogP contribution in [0.3, 0.4) is 0 Å². The minimum Gasteiger partial charge on any atom is -0.354 e. The molecule has 5 heteroatoms. The molecule has 2 rings (SSSR count). The summed E-state index contributed by atoms with van der Waals surface area (Å²) in [5.41, 5.74) is 6.07. The van der Waals surface area contributed by atoms with Gasteiger partial charge in [-0.25, -0.2) is 0 Å². The number of nitrogens with two attached hydrogens (primary N) is 1. The predicted molar refractivity (Wildman–Crippen MR) is 73.2 cm³/mol. The van der Waals surface area contributed by atoms with Crippen LogP contribution in [0.4, 0.5) is 0 Å². The number of nitrogens with one attached hydrogen (secondary N) is 2. The minimum absolute atomic E-state index is 0.00287. The maximum atomic E-state index is 12.3. The first kappa shape index (κ1) is 14.3. The van der Waals surface area contributed by atoms with Gasteiger partial charge in [0.2, 0.25) is 11.8 Å². The Hall–Kier alpha value is -1.10. The van der Waals surface area contributed by atoms with E-state index in [0.717, 1.165) is 25.7 Å². The van der Waals surface area contributed by atoms with Gasteiger partial charge in [-0.2, -0.15) is 0 Å². The van der Waals surface area contributed by atoms with E-state index in [2.05, 4.69) is 24.5 Å². The van der Waals surface area contributed by atoms with E-state index in [-0.39, 0.29) is 29.8 Å². The van der Waals surface area contributed by atoms with Crippen molar-refractivity contribution < 1.29 is 9.59 Å². The van der Waals surface area contributed by atoms with Crippen LogP contribution in [-0.2, 0) is 9.59 Å². The van der Waals surface area contributed by atoms with Crippen molar-refractivity contribution in [3.8, 4) is 0 Å². The van der Waals surface area contributed by atoms with Crippen LogP contribution in [0, 0.1) is 17.8 Å². The lowest BCUT2D eigenvalue weighted by molar-refractivity contribution is -0.134. The number of carbonyl (C=O) groups excluding carboxylic acids is 2. The summed E-state index contributed by atoms with van der Waals surface area (Å²) < 4.78 is 0. The van der Waals surface area contributed by atoms with E-state index in [1.807, 2.05) is 0 Å². The summed E-state index contributed by atoms with van der Waals surface area (Å²) in [5.74, 6) is 0.692. The van der Waals surface area contributed by atoms with Gasteiger partial charge in [0.15, 0.2) is 0 Å². The average Bonchev–Trinajstić information content (AvgIpc) is 2.36. The molecule has 0 spiro atoms. The second kappa shape index (κ2) is 5.90. The predicted octanol–water partition coefficient (Wildman–Crippen LogP) is 0.391. The van der Waals surface area contributed by atoms with Gasteiger partial charge in [-0.15, -0.1) is 0 Å². The molecule has 2 aliphatic rings. The number of amides is 2. The van der Waals surface area contributed by atoms with Crippen molar-refractivity contribution in [1.29, 1.82) is 0 Å². The maximum Gasteiger partial charge on any atom is 0.242 e. The molecule has 2 fully saturated rings. The van der Waals surface area contributed by atoms with Crippen LogP contribution in [0.1, 0.15) is 39.5 Å². The fourth-order valence-corrected chi connectivity index (χ4v) is 3.24. The molecule has 1 aliphatic carbocycles. The zero-order chi connectivity index (χ0) is 14.0. The van der Waals surface area contributed by atoms with Gasteiger partial charge in [-0.3, -0.25) is 9.59 Å². The van der Waals surface area contributed by atoms with E-state index >= 15 is 0 Å². The van der Waals surface area contributed by atoms with E-state index in [0.29, 0.717) is 18.4 Å². The van der Waals surface area contributed by atoms with E-state index in [1.54, 1.807) is 0 Å². The molecule has 0 radical (unpaired) electrons. The summed E-state index contributed by atoms with van der Waals surface area (Å²) in [6.07, 6.45) is 3.37. The van der Waals surface area contributed by atoms with Crippen LogP contribution in [-0.4, -0.2) is 30.4 Å². The molecule has 0 aromatic carbocycles. The third-order valence-corrected chi connectivity index (χ3v) is 4.63. The zero-order valence-corrected chi connectivity index (χ0v) is 11.8. The van der Waals surface area contributed by atoms with Gasteiger partial charge in [0, 0.05) is 18.5 Å². The molecule has 19 heavy (non-hydrogen) atoms. The van der Waals surface area contributed by atoms with Crippen molar-refractivity contribution in [3.63, 3.8) is 0 Å². The monoisotopic (exact) mass is 267 g/mol. The van der Waals surface area contributed by atoms with Crippen LogP contribution >= 0.6 is 0 Å². The first-order valence-corrected chi connectivity index (χ1v) is 7.32. The van der Waals surface area contributed by atoms with Crippen molar-refractivity contribution in [2.24, 2.45) is 23.5 Å². The quantitative estimate of drug-likeness (QED) is 0.676. The first-order chi connectivity index (χ1) is 8.99. The second-order valence-electron chi connectivity index (χ2n) is 6.19. The lowest BCUT2D eigenvalue weighted by atomic mass is 9.72. The smallest absolute Gasteiger partial charge is 0.242 e. The fraction of sp³-hybridized carbons (Fsp3) is 0.857. The molecule has 5 nitrogen and oxygen atoms in total. The Morgan fingerprint density at radius 2 is 2.05 bits per heavy atom. The standard InChI is InChI=1S/C14H25N3O2/c1-8-6-9(2)11(15)7-10(8)13(18)17-12-4-3-5-16-14(12)19/h8-12H,3-7,15H2,1-2H3,(H,16,19)(H,17,18). The van der Waals surface area contributed by atoms with Crippen molar-refractivity contribution in [3.05, 3.63) is 0 Å². The van der Waals surface area contributed by atoms with Crippen LogP contribution in [0.5, 0.6) is 0 Å². The first-order valence-electron chi connectivity index (χ1n) is 7.32. The molecule has 5 atom stereocenters. The van der Waals surface area contributed by atoms with Crippen molar-refractivity contribution in [1.82, 2.24) is 10.6 Å². The van der Waals surface area contributed by atoms with Crippen LogP contribution in [0.2, 0.25) is 0 Å². The maximum absolute atomic E-state index is 12.3. The average molecular weight is 267 g/mol. The van der Waals surface area contributed by atoms with Gasteiger partial charge in [0.1, 0.15) is 6.04 Å².